The Morgan fingerprint density at radius 1 is 1.23 bits per heavy atom. The van der Waals surface area contributed by atoms with Crippen molar-refractivity contribution in [1.29, 1.82) is 0 Å². The Kier molecular flexibility index (Phi) is 6.84. The second kappa shape index (κ2) is 9.75. The normalized spacial score (nSPS) is 23.4. The maximum absolute atomic E-state index is 12.5. The number of piperidine rings is 1. The lowest BCUT2D eigenvalue weighted by atomic mass is 9.95. The number of likely N-dealkylation sites (tertiary alicyclic amines) is 1. The summed E-state index contributed by atoms with van der Waals surface area (Å²) in [6, 6.07) is 3.37. The van der Waals surface area contributed by atoms with E-state index in [1.165, 1.54) is 26.5 Å². The average Bonchev–Trinajstić information content (AvgIpc) is 3.59. The molecule has 8 heteroatoms. The van der Waals surface area contributed by atoms with Crippen LogP contribution in [0.2, 0.25) is 0 Å². The summed E-state index contributed by atoms with van der Waals surface area (Å²) in [7, 11) is 1.49. The van der Waals surface area contributed by atoms with Gasteiger partial charge in [0, 0.05) is 32.4 Å². The Morgan fingerprint density at radius 2 is 2.00 bits per heavy atom. The van der Waals surface area contributed by atoms with E-state index < -0.39 is 0 Å². The summed E-state index contributed by atoms with van der Waals surface area (Å²) in [5.41, 5.74) is 0.390. The number of aromatic nitrogens is 1. The van der Waals surface area contributed by atoms with Crippen LogP contribution in [-0.4, -0.2) is 85.7 Å². The highest BCUT2D eigenvalue weighted by Gasteiger charge is 2.31. The third-order valence-corrected chi connectivity index (χ3v) is 6.32. The molecule has 0 aromatic carbocycles. The molecular formula is C22H32N4O4. The van der Waals surface area contributed by atoms with Crippen molar-refractivity contribution in [2.24, 2.45) is 11.8 Å². The molecule has 2 aliphatic heterocycles. The van der Waals surface area contributed by atoms with Gasteiger partial charge in [-0.25, -0.2) is 4.98 Å². The number of carbonyl (C=O) groups excluding carboxylic acids is 2. The SMILES string of the molecule is COc1ncccc1C(=O)NC[C@@H]1CN(CC2CCN(CC3CC3)CC2)C(=O)CO1. The van der Waals surface area contributed by atoms with Crippen molar-refractivity contribution < 1.29 is 19.1 Å². The summed E-state index contributed by atoms with van der Waals surface area (Å²) in [6.07, 6.45) is 6.48. The molecule has 1 aromatic heterocycles. The van der Waals surface area contributed by atoms with Crippen LogP contribution in [0.5, 0.6) is 5.88 Å². The molecule has 1 N–H and O–H groups in total. The maximum Gasteiger partial charge on any atom is 0.256 e. The van der Waals surface area contributed by atoms with Crippen LogP contribution in [0.3, 0.4) is 0 Å². The molecule has 0 unspecified atom stereocenters. The Bertz CT molecular complexity index is 746. The summed E-state index contributed by atoms with van der Waals surface area (Å²) in [6.45, 7) is 5.29. The van der Waals surface area contributed by atoms with E-state index >= 15 is 0 Å². The first kappa shape index (κ1) is 21.1. The van der Waals surface area contributed by atoms with Gasteiger partial charge in [-0.05, 0) is 62.7 Å². The average molecular weight is 417 g/mol. The van der Waals surface area contributed by atoms with Gasteiger partial charge >= 0.3 is 0 Å². The molecule has 164 valence electrons. The summed E-state index contributed by atoms with van der Waals surface area (Å²) >= 11 is 0. The third kappa shape index (κ3) is 5.49. The number of hydrogen-bond donors (Lipinski definition) is 1. The van der Waals surface area contributed by atoms with Crippen molar-refractivity contribution in [2.45, 2.75) is 31.8 Å². The number of ether oxygens (including phenoxy) is 2. The maximum atomic E-state index is 12.5. The molecule has 1 aliphatic carbocycles. The molecule has 3 heterocycles. The molecule has 2 saturated heterocycles. The molecule has 0 bridgehead atoms. The van der Waals surface area contributed by atoms with E-state index in [-0.39, 0.29) is 24.5 Å². The fraction of sp³-hybridized carbons (Fsp3) is 0.682. The number of rotatable bonds is 8. The molecule has 1 saturated carbocycles. The minimum Gasteiger partial charge on any atom is -0.480 e. The van der Waals surface area contributed by atoms with Gasteiger partial charge in [-0.15, -0.1) is 0 Å². The van der Waals surface area contributed by atoms with Gasteiger partial charge in [0.25, 0.3) is 5.91 Å². The van der Waals surface area contributed by atoms with E-state index in [4.69, 9.17) is 9.47 Å². The van der Waals surface area contributed by atoms with Gasteiger partial charge < -0.3 is 24.6 Å². The highest BCUT2D eigenvalue weighted by Crippen LogP contribution is 2.31. The molecule has 0 spiro atoms. The van der Waals surface area contributed by atoms with E-state index in [1.807, 2.05) is 4.90 Å². The van der Waals surface area contributed by atoms with E-state index in [1.54, 1.807) is 18.3 Å². The standard InChI is InChI=1S/C22H32N4O4/c1-29-22-19(3-2-8-23-22)21(28)24-11-18-14-26(20(27)15-30-18)13-17-6-9-25(10-7-17)12-16-4-5-16/h2-3,8,16-18H,4-7,9-15H2,1H3,(H,24,28)/t18-/m1/s1. The number of amides is 2. The smallest absolute Gasteiger partial charge is 0.256 e. The number of pyridine rings is 1. The van der Waals surface area contributed by atoms with Crippen LogP contribution in [-0.2, 0) is 9.53 Å². The van der Waals surface area contributed by atoms with Crippen molar-refractivity contribution in [2.75, 3.05) is 53.0 Å². The van der Waals surface area contributed by atoms with E-state index in [2.05, 4.69) is 15.2 Å². The van der Waals surface area contributed by atoms with Crippen LogP contribution >= 0.6 is 0 Å². The monoisotopic (exact) mass is 416 g/mol. The van der Waals surface area contributed by atoms with Gasteiger partial charge in [0.1, 0.15) is 12.2 Å². The lowest BCUT2D eigenvalue weighted by Crippen LogP contribution is -2.52. The third-order valence-electron chi connectivity index (χ3n) is 6.32. The van der Waals surface area contributed by atoms with E-state index in [0.29, 0.717) is 30.5 Å². The molecule has 1 aromatic rings. The Labute approximate surface area is 177 Å². The number of morpholine rings is 1. The number of methoxy groups -OCH3 is 1. The topological polar surface area (TPSA) is 84.0 Å². The van der Waals surface area contributed by atoms with E-state index in [0.717, 1.165) is 38.4 Å². The molecule has 30 heavy (non-hydrogen) atoms. The summed E-state index contributed by atoms with van der Waals surface area (Å²) < 4.78 is 10.8. The highest BCUT2D eigenvalue weighted by molar-refractivity contribution is 5.96. The summed E-state index contributed by atoms with van der Waals surface area (Å²) in [5, 5.41) is 2.88. The van der Waals surface area contributed by atoms with Gasteiger partial charge in [0.05, 0.1) is 13.2 Å². The molecule has 3 aliphatic rings. The van der Waals surface area contributed by atoms with Crippen LogP contribution in [0.4, 0.5) is 0 Å². The fourth-order valence-corrected chi connectivity index (χ4v) is 4.34. The molecule has 1 atom stereocenters. The minimum atomic E-state index is -0.255. The van der Waals surface area contributed by atoms with Crippen LogP contribution in [0, 0.1) is 11.8 Å². The van der Waals surface area contributed by atoms with Crippen LogP contribution < -0.4 is 10.1 Å². The van der Waals surface area contributed by atoms with E-state index in [9.17, 15) is 9.59 Å². The number of hydrogen-bond acceptors (Lipinski definition) is 6. The lowest BCUT2D eigenvalue weighted by Gasteiger charge is -2.38. The Hall–Kier alpha value is -2.19. The van der Waals surface area contributed by atoms with Crippen molar-refractivity contribution in [3.05, 3.63) is 23.9 Å². The molecule has 2 amide bonds. The highest BCUT2D eigenvalue weighted by atomic mass is 16.5. The quantitative estimate of drug-likeness (QED) is 0.685. The van der Waals surface area contributed by atoms with Gasteiger partial charge in [-0.2, -0.15) is 0 Å². The predicted molar refractivity (Wildman–Crippen MR) is 111 cm³/mol. The number of nitrogens with one attached hydrogen (secondary N) is 1. The van der Waals surface area contributed by atoms with Crippen molar-refractivity contribution >= 4 is 11.8 Å². The zero-order valence-corrected chi connectivity index (χ0v) is 17.7. The molecule has 0 radical (unpaired) electrons. The molecular weight excluding hydrogens is 384 g/mol. The molecule has 4 rings (SSSR count). The van der Waals surface area contributed by atoms with Gasteiger partial charge in [-0.3, -0.25) is 9.59 Å². The second-order valence-electron chi connectivity index (χ2n) is 8.69. The summed E-state index contributed by atoms with van der Waals surface area (Å²) in [5.74, 6) is 1.58. The van der Waals surface area contributed by atoms with Crippen molar-refractivity contribution in [3.8, 4) is 5.88 Å². The Morgan fingerprint density at radius 3 is 2.73 bits per heavy atom. The first-order valence-electron chi connectivity index (χ1n) is 11.0. The predicted octanol–water partition coefficient (Wildman–Crippen LogP) is 1.17. The largest absolute Gasteiger partial charge is 0.480 e. The Balaban J connectivity index is 1.23. The summed E-state index contributed by atoms with van der Waals surface area (Å²) in [4.78, 5) is 33.4. The number of carbonyl (C=O) groups is 2. The molecule has 3 fully saturated rings. The zero-order valence-electron chi connectivity index (χ0n) is 17.7. The fourth-order valence-electron chi connectivity index (χ4n) is 4.34. The van der Waals surface area contributed by atoms with Crippen LogP contribution in [0.1, 0.15) is 36.0 Å². The number of nitrogens with zero attached hydrogens (tertiary/aromatic N) is 3. The van der Waals surface area contributed by atoms with Crippen molar-refractivity contribution in [3.63, 3.8) is 0 Å². The first-order chi connectivity index (χ1) is 14.6. The van der Waals surface area contributed by atoms with Crippen LogP contribution in [0.15, 0.2) is 18.3 Å². The lowest BCUT2D eigenvalue weighted by molar-refractivity contribution is -0.149. The van der Waals surface area contributed by atoms with Gasteiger partial charge in [0.2, 0.25) is 11.8 Å². The second-order valence-corrected chi connectivity index (χ2v) is 8.69. The first-order valence-corrected chi connectivity index (χ1v) is 11.0. The molecule has 8 nitrogen and oxygen atoms in total. The van der Waals surface area contributed by atoms with Crippen LogP contribution in [0.25, 0.3) is 0 Å². The minimum absolute atomic E-state index is 0.0481. The zero-order chi connectivity index (χ0) is 20.9. The van der Waals surface area contributed by atoms with Crippen molar-refractivity contribution in [1.82, 2.24) is 20.1 Å². The van der Waals surface area contributed by atoms with Gasteiger partial charge in [-0.1, -0.05) is 0 Å². The van der Waals surface area contributed by atoms with Gasteiger partial charge in [0.15, 0.2) is 0 Å².